The van der Waals surface area contributed by atoms with E-state index in [0.29, 0.717) is 11.0 Å². The Kier molecular flexibility index (Phi) is 3.99. The van der Waals surface area contributed by atoms with Crippen molar-refractivity contribution in [2.75, 3.05) is 0 Å². The summed E-state index contributed by atoms with van der Waals surface area (Å²) in [5, 5.41) is 0.309. The maximum atomic E-state index is 12.2. The zero-order chi connectivity index (χ0) is 15.9. The molecule has 2 heterocycles. The van der Waals surface area contributed by atoms with Crippen molar-refractivity contribution in [3.05, 3.63) is 31.3 Å². The molecule has 1 aliphatic carbocycles. The zero-order valence-corrected chi connectivity index (χ0v) is 13.7. The van der Waals surface area contributed by atoms with E-state index in [0.717, 1.165) is 29.2 Å². The summed E-state index contributed by atoms with van der Waals surface area (Å²) in [6, 6.07) is 0. The van der Waals surface area contributed by atoms with Gasteiger partial charge in [-0.3, -0.25) is 13.9 Å². The van der Waals surface area contributed by atoms with Crippen LogP contribution in [0, 0.1) is 10.6 Å². The molecular weight excluding hydrogens is 300 g/mol. The summed E-state index contributed by atoms with van der Waals surface area (Å²) in [7, 11) is 3.09. The maximum Gasteiger partial charge on any atom is 0.332 e. The minimum absolute atomic E-state index is 0.270. The number of nitrogens with zero attached hydrogens (tertiary/aromatic N) is 3. The Balaban J connectivity index is 2.06. The first-order valence-electron chi connectivity index (χ1n) is 7.68. The molecule has 0 aliphatic heterocycles. The molecule has 0 atom stereocenters. The molecule has 1 N–H and O–H groups in total. The van der Waals surface area contributed by atoms with Crippen molar-refractivity contribution in [1.29, 1.82) is 0 Å². The minimum Gasteiger partial charge on any atom is -0.329 e. The molecule has 2 aromatic rings. The van der Waals surface area contributed by atoms with E-state index in [1.54, 1.807) is 7.05 Å². The number of rotatable bonds is 3. The average molecular weight is 320 g/mol. The molecule has 1 saturated carbocycles. The van der Waals surface area contributed by atoms with E-state index in [1.807, 2.05) is 0 Å². The zero-order valence-electron chi connectivity index (χ0n) is 12.9. The van der Waals surface area contributed by atoms with Gasteiger partial charge in [0, 0.05) is 20.5 Å². The van der Waals surface area contributed by atoms with Gasteiger partial charge in [-0.2, -0.15) is 0 Å². The van der Waals surface area contributed by atoms with Crippen LogP contribution in [0.2, 0.25) is 0 Å². The molecule has 0 bridgehead atoms. The SMILES string of the molecule is Cn1c(=O)c2c(=S)nc(CCC3CCCC3)[nH]c2n(C)c1=O. The van der Waals surface area contributed by atoms with Crippen LogP contribution in [0.1, 0.15) is 37.9 Å². The number of H-pyrrole nitrogens is 1. The van der Waals surface area contributed by atoms with Gasteiger partial charge in [-0.1, -0.05) is 37.9 Å². The van der Waals surface area contributed by atoms with Crippen LogP contribution in [0.4, 0.5) is 0 Å². The molecule has 1 aliphatic rings. The van der Waals surface area contributed by atoms with Crippen molar-refractivity contribution in [2.45, 2.75) is 38.5 Å². The number of aromatic nitrogens is 4. The Labute approximate surface area is 132 Å². The van der Waals surface area contributed by atoms with E-state index < -0.39 is 5.56 Å². The molecule has 1 fully saturated rings. The highest BCUT2D eigenvalue weighted by molar-refractivity contribution is 7.71. The molecule has 118 valence electrons. The van der Waals surface area contributed by atoms with E-state index in [-0.39, 0.29) is 10.3 Å². The van der Waals surface area contributed by atoms with Crippen LogP contribution in [0.5, 0.6) is 0 Å². The Hall–Kier alpha value is -1.76. The molecule has 3 rings (SSSR count). The lowest BCUT2D eigenvalue weighted by Gasteiger charge is -2.11. The molecule has 22 heavy (non-hydrogen) atoms. The molecule has 0 unspecified atom stereocenters. The summed E-state index contributed by atoms with van der Waals surface area (Å²) in [5.74, 6) is 1.51. The maximum absolute atomic E-state index is 12.2. The highest BCUT2D eigenvalue weighted by Crippen LogP contribution is 2.28. The van der Waals surface area contributed by atoms with Gasteiger partial charge in [-0.05, 0) is 12.3 Å². The second kappa shape index (κ2) is 5.79. The number of aryl methyl sites for hydroxylation is 2. The summed E-state index contributed by atoms with van der Waals surface area (Å²) in [6.07, 6.45) is 7.07. The highest BCUT2D eigenvalue weighted by Gasteiger charge is 2.16. The Morgan fingerprint density at radius 3 is 2.59 bits per heavy atom. The summed E-state index contributed by atoms with van der Waals surface area (Å²) in [6.45, 7) is 0. The molecule has 0 radical (unpaired) electrons. The standard InChI is InChI=1S/C15H20N4O2S/c1-18-12-11(14(20)19(2)15(18)21)13(22)17-10(16-12)8-7-9-5-3-4-6-9/h9H,3-8H2,1-2H3,(H,16,17,22). The van der Waals surface area contributed by atoms with Crippen molar-refractivity contribution in [1.82, 2.24) is 19.1 Å². The van der Waals surface area contributed by atoms with Crippen LogP contribution in [-0.4, -0.2) is 19.1 Å². The first-order chi connectivity index (χ1) is 10.5. The Bertz CT molecular complexity index is 887. The average Bonchev–Trinajstić information content (AvgIpc) is 3.01. The van der Waals surface area contributed by atoms with Crippen LogP contribution >= 0.6 is 12.2 Å². The van der Waals surface area contributed by atoms with E-state index in [4.69, 9.17) is 12.2 Å². The smallest absolute Gasteiger partial charge is 0.329 e. The van der Waals surface area contributed by atoms with E-state index >= 15 is 0 Å². The number of nitrogens with one attached hydrogen (secondary N) is 1. The third kappa shape index (κ3) is 2.54. The van der Waals surface area contributed by atoms with Gasteiger partial charge >= 0.3 is 5.69 Å². The summed E-state index contributed by atoms with van der Waals surface area (Å²) < 4.78 is 2.76. The van der Waals surface area contributed by atoms with Crippen LogP contribution in [0.3, 0.4) is 0 Å². The summed E-state index contributed by atoms with van der Waals surface area (Å²) >= 11 is 5.28. The van der Waals surface area contributed by atoms with Gasteiger partial charge in [0.05, 0.1) is 0 Å². The lowest BCUT2D eigenvalue weighted by Crippen LogP contribution is -2.37. The van der Waals surface area contributed by atoms with Gasteiger partial charge in [-0.25, -0.2) is 9.78 Å². The summed E-state index contributed by atoms with van der Waals surface area (Å²) in [4.78, 5) is 31.8. The van der Waals surface area contributed by atoms with Gasteiger partial charge < -0.3 is 4.98 Å². The molecule has 0 amide bonds. The highest BCUT2D eigenvalue weighted by atomic mass is 32.1. The van der Waals surface area contributed by atoms with Crippen LogP contribution in [0.25, 0.3) is 11.0 Å². The lowest BCUT2D eigenvalue weighted by atomic mass is 10.0. The third-order valence-electron chi connectivity index (χ3n) is 4.64. The number of hydrogen-bond acceptors (Lipinski definition) is 4. The molecule has 6 nitrogen and oxygen atoms in total. The predicted octanol–water partition coefficient (Wildman–Crippen LogP) is 1.81. The van der Waals surface area contributed by atoms with Crippen LogP contribution in [-0.2, 0) is 20.5 Å². The quantitative estimate of drug-likeness (QED) is 0.876. The molecule has 0 aromatic carbocycles. The predicted molar refractivity (Wildman–Crippen MR) is 87.7 cm³/mol. The minimum atomic E-state index is -0.394. The van der Waals surface area contributed by atoms with Crippen molar-refractivity contribution in [3.8, 4) is 0 Å². The second-order valence-corrected chi connectivity index (χ2v) is 6.49. The number of hydrogen-bond donors (Lipinski definition) is 1. The van der Waals surface area contributed by atoms with E-state index in [9.17, 15) is 9.59 Å². The fourth-order valence-corrected chi connectivity index (χ4v) is 3.58. The molecule has 2 aromatic heterocycles. The van der Waals surface area contributed by atoms with Gasteiger partial charge in [-0.15, -0.1) is 0 Å². The number of fused-ring (bicyclic) bond motifs is 1. The van der Waals surface area contributed by atoms with Crippen LogP contribution < -0.4 is 11.2 Å². The van der Waals surface area contributed by atoms with E-state index in [1.165, 1.54) is 37.3 Å². The largest absolute Gasteiger partial charge is 0.332 e. The van der Waals surface area contributed by atoms with Crippen molar-refractivity contribution < 1.29 is 0 Å². The third-order valence-corrected chi connectivity index (χ3v) is 4.94. The summed E-state index contributed by atoms with van der Waals surface area (Å²) in [5.41, 5.74) is -0.292. The van der Waals surface area contributed by atoms with Crippen molar-refractivity contribution >= 4 is 23.3 Å². The Morgan fingerprint density at radius 1 is 1.23 bits per heavy atom. The topological polar surface area (TPSA) is 72.7 Å². The second-order valence-electron chi connectivity index (χ2n) is 6.11. The van der Waals surface area contributed by atoms with Gasteiger partial charge in [0.15, 0.2) is 0 Å². The van der Waals surface area contributed by atoms with E-state index in [2.05, 4.69) is 9.97 Å². The van der Waals surface area contributed by atoms with Crippen molar-refractivity contribution in [3.63, 3.8) is 0 Å². The molecule has 0 saturated heterocycles. The fourth-order valence-electron chi connectivity index (χ4n) is 3.28. The molecule has 7 heteroatoms. The first-order valence-corrected chi connectivity index (χ1v) is 8.08. The lowest BCUT2D eigenvalue weighted by molar-refractivity contribution is 0.497. The van der Waals surface area contributed by atoms with Gasteiger partial charge in [0.2, 0.25) is 0 Å². The van der Waals surface area contributed by atoms with Crippen LogP contribution in [0.15, 0.2) is 9.59 Å². The first kappa shape index (κ1) is 15.1. The van der Waals surface area contributed by atoms with Gasteiger partial charge in [0.1, 0.15) is 21.5 Å². The number of aromatic amines is 1. The molecular formula is C15H20N4O2S. The Morgan fingerprint density at radius 2 is 1.91 bits per heavy atom. The monoisotopic (exact) mass is 320 g/mol. The van der Waals surface area contributed by atoms with Gasteiger partial charge in [0.25, 0.3) is 5.56 Å². The molecule has 0 spiro atoms. The fraction of sp³-hybridized carbons (Fsp3) is 0.600. The van der Waals surface area contributed by atoms with Crippen molar-refractivity contribution in [2.24, 2.45) is 20.0 Å². The normalized spacial score (nSPS) is 15.7.